The summed E-state index contributed by atoms with van der Waals surface area (Å²) in [4.78, 5) is 0. The van der Waals surface area contributed by atoms with Gasteiger partial charge < -0.3 is 5.11 Å². The molecule has 3 aromatic carbocycles. The van der Waals surface area contributed by atoms with Crippen LogP contribution in [0.4, 0.5) is 0 Å². The Morgan fingerprint density at radius 2 is 1.33 bits per heavy atom. The van der Waals surface area contributed by atoms with Crippen LogP contribution in [0.1, 0.15) is 22.8 Å². The Balaban J connectivity index is 2.06. The van der Waals surface area contributed by atoms with Gasteiger partial charge in [-0.25, -0.2) is 0 Å². The predicted octanol–water partition coefficient (Wildman–Crippen LogP) is 4.74. The smallest absolute Gasteiger partial charge is 0.105 e. The second-order valence-corrected chi connectivity index (χ2v) is 5.27. The summed E-state index contributed by atoms with van der Waals surface area (Å²) in [5, 5.41) is 10.7. The minimum atomic E-state index is -0.608. The van der Waals surface area contributed by atoms with Gasteiger partial charge in [0.1, 0.15) is 6.10 Å². The van der Waals surface area contributed by atoms with E-state index in [1.807, 2.05) is 48.5 Å². The lowest BCUT2D eigenvalue weighted by Crippen LogP contribution is -2.01. The van der Waals surface area contributed by atoms with Gasteiger partial charge in [0.2, 0.25) is 0 Å². The molecule has 1 atom stereocenters. The number of aryl methyl sites for hydroxylation is 1. The molecule has 0 aliphatic heterocycles. The molecule has 104 valence electrons. The molecule has 0 amide bonds. The van der Waals surface area contributed by atoms with E-state index in [0.717, 1.165) is 22.3 Å². The summed E-state index contributed by atoms with van der Waals surface area (Å²) >= 11 is 0. The van der Waals surface area contributed by atoms with E-state index in [-0.39, 0.29) is 0 Å². The number of hydrogen-bond donors (Lipinski definition) is 1. The molecule has 3 rings (SSSR count). The average molecular weight is 274 g/mol. The van der Waals surface area contributed by atoms with Crippen molar-refractivity contribution in [2.75, 3.05) is 0 Å². The molecule has 0 aliphatic rings. The van der Waals surface area contributed by atoms with Gasteiger partial charge in [-0.3, -0.25) is 0 Å². The van der Waals surface area contributed by atoms with Crippen molar-refractivity contribution in [2.24, 2.45) is 0 Å². The van der Waals surface area contributed by atoms with Crippen molar-refractivity contribution in [3.8, 4) is 11.1 Å². The lowest BCUT2D eigenvalue weighted by molar-refractivity contribution is 0.221. The second-order valence-electron chi connectivity index (χ2n) is 5.27. The van der Waals surface area contributed by atoms with Crippen molar-refractivity contribution in [3.05, 3.63) is 95.6 Å². The van der Waals surface area contributed by atoms with Gasteiger partial charge in [-0.15, -0.1) is 0 Å². The van der Waals surface area contributed by atoms with Crippen LogP contribution in [-0.2, 0) is 0 Å². The number of aliphatic hydroxyl groups excluding tert-OH is 1. The van der Waals surface area contributed by atoms with Gasteiger partial charge in [-0.2, -0.15) is 0 Å². The van der Waals surface area contributed by atoms with E-state index in [0.29, 0.717) is 0 Å². The topological polar surface area (TPSA) is 20.2 Å². The van der Waals surface area contributed by atoms with Gasteiger partial charge in [0.25, 0.3) is 0 Å². The van der Waals surface area contributed by atoms with Gasteiger partial charge in [0.05, 0.1) is 0 Å². The van der Waals surface area contributed by atoms with E-state index in [1.54, 1.807) is 0 Å². The lowest BCUT2D eigenvalue weighted by atomic mass is 9.92. The highest BCUT2D eigenvalue weighted by Crippen LogP contribution is 2.31. The highest BCUT2D eigenvalue weighted by molar-refractivity contribution is 5.68. The van der Waals surface area contributed by atoms with Crippen LogP contribution in [0, 0.1) is 6.92 Å². The van der Waals surface area contributed by atoms with E-state index >= 15 is 0 Å². The second kappa shape index (κ2) is 5.94. The Labute approximate surface area is 125 Å². The third-order valence-electron chi connectivity index (χ3n) is 3.73. The standard InChI is InChI=1S/C20H18O/c1-15-11-13-16(14-12-15)18-9-5-6-10-19(18)20(21)17-7-3-2-4-8-17/h2-14,20-21H,1H3/t20-/m1/s1. The third-order valence-corrected chi connectivity index (χ3v) is 3.73. The Morgan fingerprint density at radius 3 is 2.05 bits per heavy atom. The SMILES string of the molecule is Cc1ccc(-c2ccccc2[C@H](O)c2ccccc2)cc1. The van der Waals surface area contributed by atoms with Gasteiger partial charge in [0, 0.05) is 0 Å². The summed E-state index contributed by atoms with van der Waals surface area (Å²) in [6.45, 7) is 2.08. The van der Waals surface area contributed by atoms with E-state index in [2.05, 4.69) is 37.3 Å². The summed E-state index contributed by atoms with van der Waals surface area (Å²) < 4.78 is 0. The van der Waals surface area contributed by atoms with Gasteiger partial charge in [0.15, 0.2) is 0 Å². The maximum Gasteiger partial charge on any atom is 0.105 e. The molecular weight excluding hydrogens is 256 g/mol. The summed E-state index contributed by atoms with van der Waals surface area (Å²) in [7, 11) is 0. The zero-order chi connectivity index (χ0) is 14.7. The zero-order valence-electron chi connectivity index (χ0n) is 12.0. The Hall–Kier alpha value is -2.38. The van der Waals surface area contributed by atoms with Gasteiger partial charge >= 0.3 is 0 Å². The van der Waals surface area contributed by atoms with Crippen molar-refractivity contribution >= 4 is 0 Å². The summed E-state index contributed by atoms with van der Waals surface area (Å²) in [5.41, 5.74) is 5.30. The molecular formula is C20H18O. The van der Waals surface area contributed by atoms with Crippen LogP contribution in [-0.4, -0.2) is 5.11 Å². The molecule has 0 saturated carbocycles. The van der Waals surface area contributed by atoms with E-state index in [1.165, 1.54) is 5.56 Å². The maximum atomic E-state index is 10.7. The molecule has 3 aromatic rings. The number of benzene rings is 3. The predicted molar refractivity (Wildman–Crippen MR) is 87.1 cm³/mol. The molecule has 1 heteroatoms. The molecule has 0 unspecified atom stereocenters. The fraction of sp³-hybridized carbons (Fsp3) is 0.100. The molecule has 1 N–H and O–H groups in total. The Morgan fingerprint density at radius 1 is 0.714 bits per heavy atom. The first-order chi connectivity index (χ1) is 10.3. The maximum absolute atomic E-state index is 10.7. The van der Waals surface area contributed by atoms with Crippen molar-refractivity contribution in [1.82, 2.24) is 0 Å². The monoisotopic (exact) mass is 274 g/mol. The molecule has 0 fully saturated rings. The number of rotatable bonds is 3. The minimum absolute atomic E-state index is 0.608. The van der Waals surface area contributed by atoms with E-state index < -0.39 is 6.10 Å². The first-order valence-corrected chi connectivity index (χ1v) is 7.14. The molecule has 21 heavy (non-hydrogen) atoms. The molecule has 1 nitrogen and oxygen atoms in total. The number of aliphatic hydroxyl groups is 1. The molecule has 0 bridgehead atoms. The average Bonchev–Trinajstić information content (AvgIpc) is 2.56. The van der Waals surface area contributed by atoms with Crippen molar-refractivity contribution < 1.29 is 5.11 Å². The van der Waals surface area contributed by atoms with E-state index in [9.17, 15) is 5.11 Å². The largest absolute Gasteiger partial charge is 0.384 e. The number of hydrogen-bond acceptors (Lipinski definition) is 1. The molecule has 0 aliphatic carbocycles. The molecule has 0 saturated heterocycles. The van der Waals surface area contributed by atoms with Crippen LogP contribution >= 0.6 is 0 Å². The van der Waals surface area contributed by atoms with Gasteiger partial charge in [-0.1, -0.05) is 84.4 Å². The quantitative estimate of drug-likeness (QED) is 0.731. The molecule has 0 spiro atoms. The highest BCUT2D eigenvalue weighted by atomic mass is 16.3. The van der Waals surface area contributed by atoms with Crippen LogP contribution in [0.25, 0.3) is 11.1 Å². The summed E-state index contributed by atoms with van der Waals surface area (Å²) in [6, 6.07) is 26.2. The molecule has 0 heterocycles. The fourth-order valence-electron chi connectivity index (χ4n) is 2.55. The van der Waals surface area contributed by atoms with Crippen molar-refractivity contribution in [2.45, 2.75) is 13.0 Å². The fourth-order valence-corrected chi connectivity index (χ4v) is 2.55. The first kappa shape index (κ1) is 13.6. The van der Waals surface area contributed by atoms with Crippen LogP contribution in [0.5, 0.6) is 0 Å². The summed E-state index contributed by atoms with van der Waals surface area (Å²) in [5.74, 6) is 0. The Bertz CT molecular complexity index is 714. The highest BCUT2D eigenvalue weighted by Gasteiger charge is 2.14. The van der Waals surface area contributed by atoms with Crippen LogP contribution in [0.15, 0.2) is 78.9 Å². The van der Waals surface area contributed by atoms with Crippen LogP contribution in [0.3, 0.4) is 0 Å². The molecule has 0 radical (unpaired) electrons. The summed E-state index contributed by atoms with van der Waals surface area (Å²) in [6.07, 6.45) is -0.608. The first-order valence-electron chi connectivity index (χ1n) is 7.14. The Kier molecular flexibility index (Phi) is 3.85. The zero-order valence-corrected chi connectivity index (χ0v) is 12.0. The van der Waals surface area contributed by atoms with Crippen molar-refractivity contribution in [3.63, 3.8) is 0 Å². The van der Waals surface area contributed by atoms with Crippen molar-refractivity contribution in [1.29, 1.82) is 0 Å². The molecule has 0 aromatic heterocycles. The van der Waals surface area contributed by atoms with E-state index in [4.69, 9.17) is 0 Å². The normalized spacial score (nSPS) is 12.1. The minimum Gasteiger partial charge on any atom is -0.384 e. The third kappa shape index (κ3) is 2.88. The van der Waals surface area contributed by atoms with Crippen LogP contribution < -0.4 is 0 Å². The van der Waals surface area contributed by atoms with Crippen LogP contribution in [0.2, 0.25) is 0 Å². The lowest BCUT2D eigenvalue weighted by Gasteiger charge is -2.16. The van der Waals surface area contributed by atoms with Gasteiger partial charge in [-0.05, 0) is 29.2 Å².